The number of amides is 1. The Kier molecular flexibility index (Phi) is 5.59. The van der Waals surface area contributed by atoms with Crippen molar-refractivity contribution in [3.05, 3.63) is 71.8 Å². The van der Waals surface area contributed by atoms with Crippen LogP contribution in [-0.2, 0) is 9.53 Å². The Hall–Kier alpha value is -3.09. The van der Waals surface area contributed by atoms with Gasteiger partial charge in [0.1, 0.15) is 0 Å². The molecule has 0 fully saturated rings. The summed E-state index contributed by atoms with van der Waals surface area (Å²) in [5, 5.41) is 2.31. The molecule has 0 heterocycles. The summed E-state index contributed by atoms with van der Waals surface area (Å²) in [6.07, 6.45) is -4.20. The smallest absolute Gasteiger partial charge is 0.417 e. The molecule has 0 saturated carbocycles. The molecule has 0 aliphatic heterocycles. The van der Waals surface area contributed by atoms with E-state index in [1.165, 1.54) is 55.6 Å². The second kappa shape index (κ2) is 7.65. The number of hydrogen-bond acceptors (Lipinski definition) is 3. The maximum absolute atomic E-state index is 13.2. The molecular formula is C18H14F3NO3. The van der Waals surface area contributed by atoms with Crippen molar-refractivity contribution in [2.45, 2.75) is 6.18 Å². The summed E-state index contributed by atoms with van der Waals surface area (Å²) in [5.41, 5.74) is -0.828. The molecule has 25 heavy (non-hydrogen) atoms. The molecule has 0 saturated heterocycles. The minimum Gasteiger partial charge on any atom is -0.465 e. The number of anilines is 1. The molecule has 0 bridgehead atoms. The fraction of sp³-hybridized carbons (Fsp3) is 0.111. The number of allylic oxidation sites excluding steroid dienone is 1. The maximum atomic E-state index is 13.2. The van der Waals surface area contributed by atoms with Gasteiger partial charge in [0, 0.05) is 11.8 Å². The van der Waals surface area contributed by atoms with E-state index in [1.807, 2.05) is 0 Å². The van der Waals surface area contributed by atoms with Crippen LogP contribution in [0.2, 0.25) is 0 Å². The van der Waals surface area contributed by atoms with Crippen molar-refractivity contribution in [2.75, 3.05) is 12.4 Å². The molecule has 7 heteroatoms. The van der Waals surface area contributed by atoms with E-state index in [2.05, 4.69) is 10.1 Å². The van der Waals surface area contributed by atoms with Gasteiger partial charge in [-0.25, -0.2) is 4.79 Å². The zero-order valence-electron chi connectivity index (χ0n) is 13.1. The molecule has 0 aliphatic carbocycles. The van der Waals surface area contributed by atoms with Gasteiger partial charge in [0.2, 0.25) is 5.91 Å². The fourth-order valence-corrected chi connectivity index (χ4v) is 2.10. The van der Waals surface area contributed by atoms with Crippen molar-refractivity contribution < 1.29 is 27.5 Å². The van der Waals surface area contributed by atoms with Crippen LogP contribution in [0, 0.1) is 0 Å². The lowest BCUT2D eigenvalue weighted by atomic mass is 10.1. The van der Waals surface area contributed by atoms with Gasteiger partial charge in [-0.2, -0.15) is 13.2 Å². The molecule has 0 aromatic heterocycles. The number of halogens is 3. The van der Waals surface area contributed by atoms with E-state index in [0.29, 0.717) is 6.08 Å². The Morgan fingerprint density at radius 2 is 1.64 bits per heavy atom. The van der Waals surface area contributed by atoms with Crippen LogP contribution in [-0.4, -0.2) is 25.2 Å². The predicted octanol–water partition coefficient (Wildman–Crippen LogP) is 4.06. The summed E-state index contributed by atoms with van der Waals surface area (Å²) in [6.45, 7) is 0. The molecule has 0 atom stereocenters. The Morgan fingerprint density at radius 1 is 1.00 bits per heavy atom. The van der Waals surface area contributed by atoms with Crippen LogP contribution in [0.3, 0.4) is 0 Å². The number of hydrogen-bond donors (Lipinski definition) is 1. The SMILES string of the molecule is COC(=O)c1cccc(NC(=O)/C=C(/c2ccccc2)C(F)(F)F)c1. The van der Waals surface area contributed by atoms with Crippen molar-refractivity contribution in [2.24, 2.45) is 0 Å². The van der Waals surface area contributed by atoms with Crippen molar-refractivity contribution in [1.29, 1.82) is 0 Å². The highest BCUT2D eigenvalue weighted by Crippen LogP contribution is 2.33. The Bertz CT molecular complexity index is 799. The topological polar surface area (TPSA) is 55.4 Å². The molecule has 1 N–H and O–H groups in total. The molecule has 2 aromatic carbocycles. The van der Waals surface area contributed by atoms with E-state index in [0.717, 1.165) is 0 Å². The van der Waals surface area contributed by atoms with Gasteiger partial charge in [0.15, 0.2) is 0 Å². The molecule has 2 rings (SSSR count). The standard InChI is InChI=1S/C18H14F3NO3/c1-25-17(24)13-8-5-9-14(10-13)22-16(23)11-15(18(19,20)21)12-6-3-2-4-7-12/h2-11H,1H3,(H,22,23)/b15-11-. The first kappa shape index (κ1) is 18.3. The van der Waals surface area contributed by atoms with Crippen molar-refractivity contribution in [3.63, 3.8) is 0 Å². The average Bonchev–Trinajstić information content (AvgIpc) is 2.59. The van der Waals surface area contributed by atoms with E-state index in [9.17, 15) is 22.8 Å². The van der Waals surface area contributed by atoms with Gasteiger partial charge in [-0.1, -0.05) is 36.4 Å². The number of carbonyl (C=O) groups is 2. The Morgan fingerprint density at radius 3 is 2.24 bits per heavy atom. The monoisotopic (exact) mass is 349 g/mol. The molecule has 0 unspecified atom stereocenters. The minimum absolute atomic E-state index is 0.117. The number of benzene rings is 2. The number of nitrogens with one attached hydrogen (secondary N) is 1. The molecule has 2 aromatic rings. The molecule has 1 amide bonds. The molecule has 0 radical (unpaired) electrons. The van der Waals surface area contributed by atoms with Crippen LogP contribution < -0.4 is 5.32 Å². The van der Waals surface area contributed by atoms with Crippen LogP contribution in [0.15, 0.2) is 60.7 Å². The van der Waals surface area contributed by atoms with Gasteiger partial charge in [-0.15, -0.1) is 0 Å². The lowest BCUT2D eigenvalue weighted by Crippen LogP contribution is -2.16. The first-order valence-electron chi connectivity index (χ1n) is 7.15. The van der Waals surface area contributed by atoms with Gasteiger partial charge in [-0.05, 0) is 23.8 Å². The largest absolute Gasteiger partial charge is 0.465 e. The molecular weight excluding hydrogens is 335 g/mol. The minimum atomic E-state index is -4.69. The highest BCUT2D eigenvalue weighted by molar-refractivity contribution is 6.05. The van der Waals surface area contributed by atoms with Gasteiger partial charge in [0.25, 0.3) is 0 Å². The average molecular weight is 349 g/mol. The van der Waals surface area contributed by atoms with Crippen molar-refractivity contribution in [3.8, 4) is 0 Å². The number of methoxy groups -OCH3 is 1. The zero-order valence-corrected chi connectivity index (χ0v) is 13.1. The summed E-state index contributed by atoms with van der Waals surface area (Å²) >= 11 is 0. The van der Waals surface area contributed by atoms with E-state index in [1.54, 1.807) is 6.07 Å². The predicted molar refractivity (Wildman–Crippen MR) is 86.9 cm³/mol. The zero-order chi connectivity index (χ0) is 18.4. The lowest BCUT2D eigenvalue weighted by molar-refractivity contribution is -0.112. The fourth-order valence-electron chi connectivity index (χ4n) is 2.10. The Balaban J connectivity index is 2.27. The third kappa shape index (κ3) is 4.94. The third-order valence-corrected chi connectivity index (χ3v) is 3.22. The van der Waals surface area contributed by atoms with E-state index >= 15 is 0 Å². The second-order valence-electron chi connectivity index (χ2n) is 4.98. The number of alkyl halides is 3. The van der Waals surface area contributed by atoms with Gasteiger partial charge in [-0.3, -0.25) is 4.79 Å². The lowest BCUT2D eigenvalue weighted by Gasteiger charge is -2.12. The summed E-state index contributed by atoms with van der Waals surface area (Å²) in [6, 6.07) is 12.7. The highest BCUT2D eigenvalue weighted by Gasteiger charge is 2.35. The van der Waals surface area contributed by atoms with E-state index < -0.39 is 23.6 Å². The van der Waals surface area contributed by atoms with Crippen molar-refractivity contribution in [1.82, 2.24) is 0 Å². The van der Waals surface area contributed by atoms with Crippen LogP contribution in [0.25, 0.3) is 5.57 Å². The van der Waals surface area contributed by atoms with E-state index in [4.69, 9.17) is 0 Å². The quantitative estimate of drug-likeness (QED) is 0.669. The first-order chi connectivity index (χ1) is 11.8. The normalized spacial score (nSPS) is 11.8. The summed E-state index contributed by atoms with van der Waals surface area (Å²) < 4.78 is 44.2. The molecule has 0 aliphatic rings. The third-order valence-electron chi connectivity index (χ3n) is 3.22. The first-order valence-corrected chi connectivity index (χ1v) is 7.15. The van der Waals surface area contributed by atoms with E-state index in [-0.39, 0.29) is 16.8 Å². The van der Waals surface area contributed by atoms with Crippen LogP contribution >= 0.6 is 0 Å². The number of rotatable bonds is 4. The second-order valence-corrected chi connectivity index (χ2v) is 4.98. The summed E-state index contributed by atoms with van der Waals surface area (Å²) in [7, 11) is 1.20. The van der Waals surface area contributed by atoms with Gasteiger partial charge >= 0.3 is 12.1 Å². The highest BCUT2D eigenvalue weighted by atomic mass is 19.4. The van der Waals surface area contributed by atoms with Crippen molar-refractivity contribution >= 4 is 23.1 Å². The molecule has 0 spiro atoms. The molecule has 4 nitrogen and oxygen atoms in total. The Labute approximate surface area is 141 Å². The van der Waals surface area contributed by atoms with Crippen LogP contribution in [0.5, 0.6) is 0 Å². The molecule has 130 valence electrons. The van der Waals surface area contributed by atoms with Crippen LogP contribution in [0.1, 0.15) is 15.9 Å². The number of ether oxygens (including phenoxy) is 1. The number of esters is 1. The van der Waals surface area contributed by atoms with Gasteiger partial charge < -0.3 is 10.1 Å². The summed E-state index contributed by atoms with van der Waals surface area (Å²) in [5.74, 6) is -1.58. The van der Waals surface area contributed by atoms with Gasteiger partial charge in [0.05, 0.1) is 18.2 Å². The maximum Gasteiger partial charge on any atom is 0.417 e. The summed E-state index contributed by atoms with van der Waals surface area (Å²) in [4.78, 5) is 23.4. The number of carbonyl (C=O) groups excluding carboxylic acids is 2. The van der Waals surface area contributed by atoms with Crippen LogP contribution in [0.4, 0.5) is 18.9 Å².